The van der Waals surface area contributed by atoms with E-state index in [-0.39, 0.29) is 12.2 Å². The lowest BCUT2D eigenvalue weighted by Gasteiger charge is -2.42. The second kappa shape index (κ2) is 3.71. The van der Waals surface area contributed by atoms with Crippen LogP contribution in [-0.2, 0) is 0 Å². The van der Waals surface area contributed by atoms with E-state index in [0.717, 1.165) is 25.7 Å². The Balaban J connectivity index is 1.93. The molecule has 2 N–H and O–H groups in total. The summed E-state index contributed by atoms with van der Waals surface area (Å²) >= 11 is 0. The lowest BCUT2D eigenvalue weighted by atomic mass is 9.62. The molecule has 3 aliphatic carbocycles. The van der Waals surface area contributed by atoms with Crippen LogP contribution in [0.5, 0.6) is 0 Å². The molecule has 3 saturated carbocycles. The van der Waals surface area contributed by atoms with Crippen molar-refractivity contribution in [1.82, 2.24) is 0 Å². The zero-order valence-electron chi connectivity index (χ0n) is 10.1. The fraction of sp³-hybridized carbons (Fsp3) is 1.00. The maximum Gasteiger partial charge on any atom is 0.0551 e. The average Bonchev–Trinajstić information content (AvgIpc) is 2.52. The number of aliphatic hydroxyl groups excluding tert-OH is 2. The molecule has 0 heterocycles. The van der Waals surface area contributed by atoms with Crippen LogP contribution < -0.4 is 0 Å². The molecule has 0 aromatic carbocycles. The molecule has 2 heteroatoms. The summed E-state index contributed by atoms with van der Waals surface area (Å²) in [7, 11) is 0. The van der Waals surface area contributed by atoms with E-state index in [2.05, 4.69) is 0 Å². The molecule has 3 aliphatic rings. The topological polar surface area (TPSA) is 40.5 Å². The van der Waals surface area contributed by atoms with Gasteiger partial charge in [-0.25, -0.2) is 0 Å². The predicted octanol–water partition coefficient (Wildman–Crippen LogP) is 2.62. The van der Waals surface area contributed by atoms with Crippen molar-refractivity contribution < 1.29 is 10.2 Å². The molecule has 0 atom stereocenters. The van der Waals surface area contributed by atoms with Crippen LogP contribution in [0, 0.1) is 10.8 Å². The van der Waals surface area contributed by atoms with Gasteiger partial charge in [0.05, 0.1) is 12.2 Å². The molecule has 0 aromatic rings. The Morgan fingerprint density at radius 2 is 1.00 bits per heavy atom. The zero-order valence-corrected chi connectivity index (χ0v) is 10.1. The van der Waals surface area contributed by atoms with Gasteiger partial charge in [0.25, 0.3) is 0 Å². The van der Waals surface area contributed by atoms with Gasteiger partial charge in [0.2, 0.25) is 0 Å². The quantitative estimate of drug-likeness (QED) is 0.664. The van der Waals surface area contributed by atoms with Gasteiger partial charge in [0.1, 0.15) is 0 Å². The van der Waals surface area contributed by atoms with Crippen molar-refractivity contribution in [3.8, 4) is 0 Å². The molecule has 3 rings (SSSR count). The first kappa shape index (κ1) is 11.0. The Labute approximate surface area is 98.1 Å². The summed E-state index contributed by atoms with van der Waals surface area (Å²) < 4.78 is 0. The fourth-order valence-electron chi connectivity index (χ4n) is 5.20. The summed E-state index contributed by atoms with van der Waals surface area (Å²) in [6.07, 6.45) is 11.5. The third kappa shape index (κ3) is 1.46. The molecule has 0 aliphatic heterocycles. The van der Waals surface area contributed by atoms with Gasteiger partial charge in [-0.2, -0.15) is 0 Å². The van der Waals surface area contributed by atoms with Gasteiger partial charge in [0, 0.05) is 0 Å². The summed E-state index contributed by atoms with van der Waals surface area (Å²) in [5, 5.41) is 20.1. The highest BCUT2D eigenvalue weighted by Gasteiger charge is 2.61. The minimum Gasteiger partial charge on any atom is -0.393 e. The highest BCUT2D eigenvalue weighted by molar-refractivity contribution is 5.12. The third-order valence-electron chi connectivity index (χ3n) is 5.69. The van der Waals surface area contributed by atoms with E-state index in [1.54, 1.807) is 0 Å². The molecular formula is C14H24O2. The summed E-state index contributed by atoms with van der Waals surface area (Å²) in [6, 6.07) is 0. The molecule has 0 aromatic heterocycles. The van der Waals surface area contributed by atoms with E-state index in [1.807, 2.05) is 0 Å². The molecule has 0 unspecified atom stereocenters. The number of hydrogen-bond donors (Lipinski definition) is 2. The highest BCUT2D eigenvalue weighted by atomic mass is 16.3. The van der Waals surface area contributed by atoms with Crippen LogP contribution in [0.15, 0.2) is 0 Å². The number of aliphatic hydroxyl groups is 2. The van der Waals surface area contributed by atoms with Crippen molar-refractivity contribution >= 4 is 0 Å². The fourth-order valence-corrected chi connectivity index (χ4v) is 5.20. The van der Waals surface area contributed by atoms with E-state index < -0.39 is 0 Å². The summed E-state index contributed by atoms with van der Waals surface area (Å²) in [5.41, 5.74) is 0.596. The first-order valence-electron chi connectivity index (χ1n) is 7.02. The molecule has 0 spiro atoms. The van der Waals surface area contributed by atoms with Gasteiger partial charge < -0.3 is 10.2 Å². The molecule has 0 bridgehead atoms. The van der Waals surface area contributed by atoms with Crippen LogP contribution in [0.3, 0.4) is 0 Å². The lowest BCUT2D eigenvalue weighted by Crippen LogP contribution is -2.33. The van der Waals surface area contributed by atoms with Crippen LogP contribution in [0.1, 0.15) is 64.2 Å². The van der Waals surface area contributed by atoms with Gasteiger partial charge in [0.15, 0.2) is 0 Å². The molecular weight excluding hydrogens is 200 g/mol. The molecule has 3 fully saturated rings. The Bertz CT molecular complexity index is 234. The third-order valence-corrected chi connectivity index (χ3v) is 5.69. The normalized spacial score (nSPS) is 52.9. The van der Waals surface area contributed by atoms with E-state index in [4.69, 9.17) is 0 Å². The van der Waals surface area contributed by atoms with E-state index >= 15 is 0 Å². The second-order valence-electron chi connectivity index (χ2n) is 6.60. The van der Waals surface area contributed by atoms with Gasteiger partial charge in [-0.15, -0.1) is 0 Å². The smallest absolute Gasteiger partial charge is 0.0551 e. The Hall–Kier alpha value is -0.0800. The molecule has 16 heavy (non-hydrogen) atoms. The van der Waals surface area contributed by atoms with Crippen LogP contribution >= 0.6 is 0 Å². The van der Waals surface area contributed by atoms with Crippen molar-refractivity contribution in [2.45, 2.75) is 76.4 Å². The van der Waals surface area contributed by atoms with Gasteiger partial charge in [-0.3, -0.25) is 0 Å². The second-order valence-corrected chi connectivity index (χ2v) is 6.60. The van der Waals surface area contributed by atoms with Crippen molar-refractivity contribution in [3.63, 3.8) is 0 Å². The standard InChI is InChI=1S/C14H24O2/c15-11-7-13-5-3-1-2-4-6-14(13,9-11)10-12(16)8-13/h11-12,15-16H,1-10H2. The van der Waals surface area contributed by atoms with Crippen molar-refractivity contribution in [2.75, 3.05) is 0 Å². The van der Waals surface area contributed by atoms with E-state index in [9.17, 15) is 10.2 Å². The van der Waals surface area contributed by atoms with Crippen LogP contribution in [0.4, 0.5) is 0 Å². The molecule has 0 saturated heterocycles. The minimum absolute atomic E-state index is 0.0920. The van der Waals surface area contributed by atoms with Gasteiger partial charge in [-0.1, -0.05) is 25.7 Å². The Morgan fingerprint density at radius 3 is 1.38 bits per heavy atom. The van der Waals surface area contributed by atoms with Crippen molar-refractivity contribution in [2.24, 2.45) is 10.8 Å². The van der Waals surface area contributed by atoms with Crippen molar-refractivity contribution in [1.29, 1.82) is 0 Å². The Morgan fingerprint density at radius 1 is 0.625 bits per heavy atom. The van der Waals surface area contributed by atoms with E-state index in [1.165, 1.54) is 38.5 Å². The average molecular weight is 224 g/mol. The molecule has 0 amide bonds. The van der Waals surface area contributed by atoms with Crippen LogP contribution in [0.25, 0.3) is 0 Å². The molecule has 2 nitrogen and oxygen atoms in total. The maximum absolute atomic E-state index is 10.0. The van der Waals surface area contributed by atoms with Crippen molar-refractivity contribution in [3.05, 3.63) is 0 Å². The molecule has 0 radical (unpaired) electrons. The first-order chi connectivity index (χ1) is 7.66. The predicted molar refractivity (Wildman–Crippen MR) is 63.0 cm³/mol. The maximum atomic E-state index is 10.0. The monoisotopic (exact) mass is 224 g/mol. The minimum atomic E-state index is -0.0920. The highest BCUT2D eigenvalue weighted by Crippen LogP contribution is 2.67. The summed E-state index contributed by atoms with van der Waals surface area (Å²) in [6.45, 7) is 0. The zero-order chi connectivity index (χ0) is 11.2. The lowest BCUT2D eigenvalue weighted by molar-refractivity contribution is 0.0727. The molecule has 92 valence electrons. The number of hydrogen-bond acceptors (Lipinski definition) is 2. The number of rotatable bonds is 0. The van der Waals surface area contributed by atoms with Gasteiger partial charge in [-0.05, 0) is 49.4 Å². The summed E-state index contributed by atoms with van der Waals surface area (Å²) in [4.78, 5) is 0. The van der Waals surface area contributed by atoms with Crippen LogP contribution in [0.2, 0.25) is 0 Å². The first-order valence-corrected chi connectivity index (χ1v) is 7.02. The van der Waals surface area contributed by atoms with Crippen LogP contribution in [-0.4, -0.2) is 22.4 Å². The SMILES string of the molecule is OC1CC23CCCCCCC2(C1)CC(O)C3. The largest absolute Gasteiger partial charge is 0.393 e. The van der Waals surface area contributed by atoms with E-state index in [0.29, 0.717) is 10.8 Å². The summed E-state index contributed by atoms with van der Waals surface area (Å²) in [5.74, 6) is 0. The Kier molecular flexibility index (Phi) is 2.56. The van der Waals surface area contributed by atoms with Gasteiger partial charge >= 0.3 is 0 Å².